The van der Waals surface area contributed by atoms with Crippen molar-refractivity contribution in [1.82, 2.24) is 0 Å². The Morgan fingerprint density at radius 2 is 1.88 bits per heavy atom. The van der Waals surface area contributed by atoms with Crippen LogP contribution in [0.2, 0.25) is 0 Å². The molecule has 0 heterocycles. The van der Waals surface area contributed by atoms with E-state index in [0.717, 1.165) is 17.7 Å². The van der Waals surface area contributed by atoms with Gasteiger partial charge in [0, 0.05) is 11.6 Å². The fraction of sp³-hybridized carbons (Fsp3) is 0.263. The molecule has 2 aromatic carbocycles. The molecule has 7 heteroatoms. The van der Waals surface area contributed by atoms with Crippen molar-refractivity contribution < 1.29 is 27.8 Å². The first-order valence-electron chi connectivity index (χ1n) is 7.89. The lowest BCUT2D eigenvalue weighted by Gasteiger charge is -2.15. The van der Waals surface area contributed by atoms with E-state index in [1.807, 2.05) is 13.0 Å². The molecule has 0 saturated heterocycles. The highest BCUT2D eigenvalue weighted by Gasteiger charge is 2.20. The topological polar surface area (TPSA) is 64.6 Å². The molecule has 0 bridgehead atoms. The zero-order valence-corrected chi connectivity index (χ0v) is 14.6. The SMILES string of the molecule is COc1ccc(C)cc1CC(=O)O[C@H](C)C(=O)Nc1ccc(F)cc1F. The van der Waals surface area contributed by atoms with Crippen molar-refractivity contribution in [2.45, 2.75) is 26.4 Å². The number of rotatable bonds is 6. The second-order valence-electron chi connectivity index (χ2n) is 5.74. The first kappa shape index (κ1) is 19.4. The summed E-state index contributed by atoms with van der Waals surface area (Å²) in [5.74, 6) is -2.48. The molecule has 1 N–H and O–H groups in total. The Morgan fingerprint density at radius 3 is 2.54 bits per heavy atom. The summed E-state index contributed by atoms with van der Waals surface area (Å²) in [6.45, 7) is 3.24. The fourth-order valence-electron chi connectivity index (χ4n) is 2.32. The average Bonchev–Trinajstić information content (AvgIpc) is 2.57. The molecular weight excluding hydrogens is 344 g/mol. The lowest BCUT2D eigenvalue weighted by atomic mass is 10.1. The summed E-state index contributed by atoms with van der Waals surface area (Å²) in [6.07, 6.45) is -1.23. The zero-order chi connectivity index (χ0) is 19.3. The predicted octanol–water partition coefficient (Wildman–Crippen LogP) is 3.39. The predicted molar refractivity (Wildman–Crippen MR) is 92.0 cm³/mol. The number of benzene rings is 2. The third kappa shape index (κ3) is 5.02. The van der Waals surface area contributed by atoms with E-state index in [0.29, 0.717) is 17.4 Å². The quantitative estimate of drug-likeness (QED) is 0.799. The van der Waals surface area contributed by atoms with Gasteiger partial charge in [-0.2, -0.15) is 0 Å². The maximum atomic E-state index is 13.6. The van der Waals surface area contributed by atoms with Crippen molar-refractivity contribution in [1.29, 1.82) is 0 Å². The molecule has 0 saturated carbocycles. The van der Waals surface area contributed by atoms with Crippen molar-refractivity contribution in [3.05, 3.63) is 59.2 Å². The van der Waals surface area contributed by atoms with E-state index in [-0.39, 0.29) is 12.1 Å². The molecule has 0 aliphatic heterocycles. The number of anilines is 1. The Hall–Kier alpha value is -2.96. The molecule has 5 nitrogen and oxygen atoms in total. The van der Waals surface area contributed by atoms with E-state index in [2.05, 4.69) is 5.32 Å². The number of amides is 1. The lowest BCUT2D eigenvalue weighted by Crippen LogP contribution is -2.30. The number of esters is 1. The first-order valence-corrected chi connectivity index (χ1v) is 7.89. The van der Waals surface area contributed by atoms with Crippen LogP contribution in [0.15, 0.2) is 36.4 Å². The van der Waals surface area contributed by atoms with Crippen LogP contribution in [0.3, 0.4) is 0 Å². The highest BCUT2D eigenvalue weighted by Crippen LogP contribution is 2.21. The Bertz CT molecular complexity index is 823. The second kappa shape index (κ2) is 8.42. The van der Waals surface area contributed by atoms with E-state index in [4.69, 9.17) is 9.47 Å². The second-order valence-corrected chi connectivity index (χ2v) is 5.74. The minimum absolute atomic E-state index is 0.0760. The molecule has 2 rings (SSSR count). The molecule has 0 spiro atoms. The van der Waals surface area contributed by atoms with Crippen LogP contribution in [0.4, 0.5) is 14.5 Å². The van der Waals surface area contributed by atoms with Gasteiger partial charge in [-0.05, 0) is 32.0 Å². The van der Waals surface area contributed by atoms with Gasteiger partial charge in [0.15, 0.2) is 6.10 Å². The van der Waals surface area contributed by atoms with E-state index in [9.17, 15) is 18.4 Å². The van der Waals surface area contributed by atoms with Crippen LogP contribution in [0, 0.1) is 18.6 Å². The summed E-state index contributed by atoms with van der Waals surface area (Å²) in [5.41, 5.74) is 1.39. The average molecular weight is 363 g/mol. The smallest absolute Gasteiger partial charge is 0.311 e. The molecule has 138 valence electrons. The van der Waals surface area contributed by atoms with Crippen molar-refractivity contribution in [3.63, 3.8) is 0 Å². The van der Waals surface area contributed by atoms with E-state index < -0.39 is 29.6 Å². The number of carbonyl (C=O) groups excluding carboxylic acids is 2. The fourth-order valence-corrected chi connectivity index (χ4v) is 2.32. The summed E-state index contributed by atoms with van der Waals surface area (Å²) in [5, 5.41) is 2.26. The van der Waals surface area contributed by atoms with Crippen LogP contribution in [0.1, 0.15) is 18.1 Å². The Labute approximate surface area is 149 Å². The summed E-state index contributed by atoms with van der Waals surface area (Å²) < 4.78 is 36.7. The number of methoxy groups -OCH3 is 1. The largest absolute Gasteiger partial charge is 0.496 e. The summed E-state index contributed by atoms with van der Waals surface area (Å²) in [7, 11) is 1.49. The highest BCUT2D eigenvalue weighted by molar-refractivity contribution is 5.95. The minimum atomic E-state index is -1.15. The molecule has 26 heavy (non-hydrogen) atoms. The minimum Gasteiger partial charge on any atom is -0.496 e. The summed E-state index contributed by atoms with van der Waals surface area (Å²) in [4.78, 5) is 24.1. The van der Waals surface area contributed by atoms with Crippen molar-refractivity contribution in [3.8, 4) is 5.75 Å². The number of aryl methyl sites for hydroxylation is 1. The number of ether oxygens (including phenoxy) is 2. The molecular formula is C19H19F2NO4. The summed E-state index contributed by atoms with van der Waals surface area (Å²) in [6, 6.07) is 8.13. The first-order chi connectivity index (χ1) is 12.3. The molecule has 0 fully saturated rings. The third-order valence-corrected chi connectivity index (χ3v) is 3.64. The van der Waals surface area contributed by atoms with Gasteiger partial charge in [0.2, 0.25) is 0 Å². The number of halogens is 2. The molecule has 1 atom stereocenters. The van der Waals surface area contributed by atoms with Gasteiger partial charge in [-0.1, -0.05) is 17.7 Å². The van der Waals surface area contributed by atoms with Gasteiger partial charge in [0.05, 0.1) is 19.2 Å². The normalized spacial score (nSPS) is 11.6. The molecule has 0 radical (unpaired) electrons. The van der Waals surface area contributed by atoms with Gasteiger partial charge in [-0.15, -0.1) is 0 Å². The Balaban J connectivity index is 1.98. The Morgan fingerprint density at radius 1 is 1.15 bits per heavy atom. The monoisotopic (exact) mass is 363 g/mol. The van der Waals surface area contributed by atoms with E-state index in [1.165, 1.54) is 14.0 Å². The van der Waals surface area contributed by atoms with Crippen LogP contribution < -0.4 is 10.1 Å². The van der Waals surface area contributed by atoms with E-state index in [1.54, 1.807) is 12.1 Å². The van der Waals surface area contributed by atoms with Crippen LogP contribution in [-0.2, 0) is 20.7 Å². The van der Waals surface area contributed by atoms with Gasteiger partial charge >= 0.3 is 5.97 Å². The lowest BCUT2D eigenvalue weighted by molar-refractivity contribution is -0.152. The number of hydrogen-bond acceptors (Lipinski definition) is 4. The molecule has 0 aliphatic rings. The molecule has 0 aromatic heterocycles. The van der Waals surface area contributed by atoms with Gasteiger partial charge in [-0.3, -0.25) is 9.59 Å². The van der Waals surface area contributed by atoms with Crippen molar-refractivity contribution in [2.24, 2.45) is 0 Å². The van der Waals surface area contributed by atoms with Gasteiger partial charge < -0.3 is 14.8 Å². The third-order valence-electron chi connectivity index (χ3n) is 3.64. The van der Waals surface area contributed by atoms with Crippen LogP contribution >= 0.6 is 0 Å². The van der Waals surface area contributed by atoms with Crippen molar-refractivity contribution in [2.75, 3.05) is 12.4 Å². The highest BCUT2D eigenvalue weighted by atomic mass is 19.1. The van der Waals surface area contributed by atoms with Gasteiger partial charge in [0.1, 0.15) is 17.4 Å². The van der Waals surface area contributed by atoms with Gasteiger partial charge in [0.25, 0.3) is 5.91 Å². The number of nitrogens with one attached hydrogen (secondary N) is 1. The van der Waals surface area contributed by atoms with Crippen LogP contribution in [0.5, 0.6) is 5.75 Å². The molecule has 0 unspecified atom stereocenters. The van der Waals surface area contributed by atoms with Crippen molar-refractivity contribution >= 4 is 17.6 Å². The van der Waals surface area contributed by atoms with Crippen LogP contribution in [-0.4, -0.2) is 25.1 Å². The zero-order valence-electron chi connectivity index (χ0n) is 14.6. The summed E-state index contributed by atoms with van der Waals surface area (Å²) >= 11 is 0. The van der Waals surface area contributed by atoms with Crippen LogP contribution in [0.25, 0.3) is 0 Å². The molecule has 2 aromatic rings. The van der Waals surface area contributed by atoms with Gasteiger partial charge in [-0.25, -0.2) is 8.78 Å². The number of carbonyl (C=O) groups is 2. The van der Waals surface area contributed by atoms with E-state index >= 15 is 0 Å². The molecule has 0 aliphatic carbocycles. The molecule has 1 amide bonds. The maximum Gasteiger partial charge on any atom is 0.311 e. The standard InChI is InChI=1S/C19H19F2NO4/c1-11-4-7-17(25-3)13(8-11)9-18(23)26-12(2)19(24)22-16-6-5-14(20)10-15(16)21/h4-8,10,12H,9H2,1-3H3,(H,22,24)/t12-/m1/s1. The Kier molecular flexibility index (Phi) is 6.27. The number of hydrogen-bond donors (Lipinski definition) is 1. The maximum absolute atomic E-state index is 13.6.